The summed E-state index contributed by atoms with van der Waals surface area (Å²) in [6.07, 6.45) is 0. The molecular formula is C18H20FNOS. The second-order valence-corrected chi connectivity index (χ2v) is 7.17. The van der Waals surface area contributed by atoms with Crippen LogP contribution in [-0.2, 0) is 10.2 Å². The minimum Gasteiger partial charge on any atom is -0.325 e. The van der Waals surface area contributed by atoms with E-state index in [1.54, 1.807) is 12.1 Å². The highest BCUT2D eigenvalue weighted by atomic mass is 32.2. The van der Waals surface area contributed by atoms with Crippen molar-refractivity contribution in [2.45, 2.75) is 31.1 Å². The van der Waals surface area contributed by atoms with Crippen LogP contribution in [0.25, 0.3) is 0 Å². The number of rotatable bonds is 4. The van der Waals surface area contributed by atoms with Crippen molar-refractivity contribution in [3.8, 4) is 0 Å². The normalized spacial score (nSPS) is 11.3. The Bertz CT molecular complexity index is 647. The molecule has 0 atom stereocenters. The van der Waals surface area contributed by atoms with Crippen LogP contribution in [0.5, 0.6) is 0 Å². The molecule has 0 saturated carbocycles. The lowest BCUT2D eigenvalue weighted by molar-refractivity contribution is -0.113. The number of hydrogen-bond donors (Lipinski definition) is 1. The SMILES string of the molecule is CC(C)(C)c1ccc(SCC(=O)Nc2cccc(F)c2)cc1. The minimum atomic E-state index is -0.358. The first kappa shape index (κ1) is 16.6. The van der Waals surface area contributed by atoms with Gasteiger partial charge < -0.3 is 5.32 Å². The molecule has 0 unspecified atom stereocenters. The fourth-order valence-electron chi connectivity index (χ4n) is 1.96. The molecule has 116 valence electrons. The van der Waals surface area contributed by atoms with Gasteiger partial charge in [-0.1, -0.05) is 39.0 Å². The molecule has 1 amide bonds. The minimum absolute atomic E-state index is 0.123. The fraction of sp³-hybridized carbons (Fsp3) is 0.278. The lowest BCUT2D eigenvalue weighted by Crippen LogP contribution is -2.14. The molecule has 0 saturated heterocycles. The van der Waals surface area contributed by atoms with Gasteiger partial charge in [-0.05, 0) is 41.3 Å². The van der Waals surface area contributed by atoms with E-state index in [1.165, 1.54) is 29.5 Å². The quantitative estimate of drug-likeness (QED) is 0.816. The first-order valence-electron chi connectivity index (χ1n) is 7.13. The van der Waals surface area contributed by atoms with Crippen LogP contribution in [0, 0.1) is 5.82 Å². The van der Waals surface area contributed by atoms with Crippen molar-refractivity contribution in [2.24, 2.45) is 0 Å². The fourth-order valence-corrected chi connectivity index (χ4v) is 2.66. The molecule has 0 fully saturated rings. The third-order valence-corrected chi connectivity index (χ3v) is 4.21. The van der Waals surface area contributed by atoms with E-state index >= 15 is 0 Å². The zero-order valence-electron chi connectivity index (χ0n) is 13.0. The number of halogens is 1. The summed E-state index contributed by atoms with van der Waals surface area (Å²) in [6, 6.07) is 14.1. The summed E-state index contributed by atoms with van der Waals surface area (Å²) in [5.74, 6) is -0.204. The van der Waals surface area contributed by atoms with Gasteiger partial charge in [0.25, 0.3) is 0 Å². The van der Waals surface area contributed by atoms with Gasteiger partial charge in [0, 0.05) is 10.6 Å². The summed E-state index contributed by atoms with van der Waals surface area (Å²) < 4.78 is 13.0. The summed E-state index contributed by atoms with van der Waals surface area (Å²) in [6.45, 7) is 6.50. The molecule has 2 rings (SSSR count). The van der Waals surface area contributed by atoms with Crippen LogP contribution in [0.4, 0.5) is 10.1 Å². The standard InChI is InChI=1S/C18H20FNOS/c1-18(2,3)13-7-9-16(10-8-13)22-12-17(21)20-15-6-4-5-14(19)11-15/h4-11H,12H2,1-3H3,(H,20,21). The van der Waals surface area contributed by atoms with Gasteiger partial charge in [-0.15, -0.1) is 11.8 Å². The van der Waals surface area contributed by atoms with Gasteiger partial charge in [-0.2, -0.15) is 0 Å². The summed E-state index contributed by atoms with van der Waals surface area (Å²) in [4.78, 5) is 12.9. The van der Waals surface area contributed by atoms with Crippen LogP contribution >= 0.6 is 11.8 Å². The number of anilines is 1. The van der Waals surface area contributed by atoms with Crippen molar-refractivity contribution < 1.29 is 9.18 Å². The predicted molar refractivity (Wildman–Crippen MR) is 90.9 cm³/mol. The highest BCUT2D eigenvalue weighted by Gasteiger charge is 2.13. The number of carbonyl (C=O) groups is 1. The number of amides is 1. The van der Waals surface area contributed by atoms with Gasteiger partial charge in [0.05, 0.1) is 5.75 Å². The van der Waals surface area contributed by atoms with Crippen LogP contribution in [0.1, 0.15) is 26.3 Å². The Kier molecular flexibility index (Phi) is 5.24. The summed E-state index contributed by atoms with van der Waals surface area (Å²) in [5, 5.41) is 2.69. The number of hydrogen-bond acceptors (Lipinski definition) is 2. The molecule has 0 heterocycles. The Morgan fingerprint density at radius 2 is 1.82 bits per heavy atom. The van der Waals surface area contributed by atoms with Gasteiger partial charge in [-0.3, -0.25) is 4.79 Å². The van der Waals surface area contributed by atoms with E-state index in [1.807, 2.05) is 12.1 Å². The van der Waals surface area contributed by atoms with Crippen molar-refractivity contribution in [1.82, 2.24) is 0 Å². The maximum absolute atomic E-state index is 13.0. The van der Waals surface area contributed by atoms with Gasteiger partial charge in [0.2, 0.25) is 5.91 Å². The zero-order valence-corrected chi connectivity index (χ0v) is 13.8. The second-order valence-electron chi connectivity index (χ2n) is 6.12. The summed E-state index contributed by atoms with van der Waals surface area (Å²) in [7, 11) is 0. The number of thioether (sulfide) groups is 1. The van der Waals surface area contributed by atoms with E-state index in [2.05, 4.69) is 38.2 Å². The highest BCUT2D eigenvalue weighted by molar-refractivity contribution is 8.00. The van der Waals surface area contributed by atoms with Gasteiger partial charge >= 0.3 is 0 Å². The lowest BCUT2D eigenvalue weighted by atomic mass is 9.87. The maximum Gasteiger partial charge on any atom is 0.234 e. The van der Waals surface area contributed by atoms with E-state index in [-0.39, 0.29) is 17.1 Å². The number of benzene rings is 2. The molecule has 0 aliphatic rings. The average Bonchev–Trinajstić information content (AvgIpc) is 2.45. The van der Waals surface area contributed by atoms with E-state index in [9.17, 15) is 9.18 Å². The summed E-state index contributed by atoms with van der Waals surface area (Å²) >= 11 is 1.47. The van der Waals surface area contributed by atoms with Crippen LogP contribution in [0.3, 0.4) is 0 Å². The van der Waals surface area contributed by atoms with Crippen molar-refractivity contribution >= 4 is 23.4 Å². The largest absolute Gasteiger partial charge is 0.325 e. The molecule has 0 spiro atoms. The Morgan fingerprint density at radius 3 is 2.41 bits per heavy atom. The van der Waals surface area contributed by atoms with E-state index in [0.717, 1.165) is 4.90 Å². The summed E-state index contributed by atoms with van der Waals surface area (Å²) in [5.41, 5.74) is 1.87. The van der Waals surface area contributed by atoms with Crippen molar-refractivity contribution in [2.75, 3.05) is 11.1 Å². The molecule has 22 heavy (non-hydrogen) atoms. The van der Waals surface area contributed by atoms with Gasteiger partial charge in [0.15, 0.2) is 0 Å². The zero-order chi connectivity index (χ0) is 16.2. The first-order chi connectivity index (χ1) is 10.3. The topological polar surface area (TPSA) is 29.1 Å². The third kappa shape index (κ3) is 4.88. The van der Waals surface area contributed by atoms with E-state index in [4.69, 9.17) is 0 Å². The molecule has 0 aromatic heterocycles. The number of carbonyl (C=O) groups excluding carboxylic acids is 1. The monoisotopic (exact) mass is 317 g/mol. The van der Waals surface area contributed by atoms with E-state index in [0.29, 0.717) is 11.4 Å². The van der Waals surface area contributed by atoms with Crippen molar-refractivity contribution in [3.63, 3.8) is 0 Å². The van der Waals surface area contributed by atoms with E-state index < -0.39 is 0 Å². The van der Waals surface area contributed by atoms with Crippen molar-refractivity contribution in [3.05, 3.63) is 59.9 Å². The van der Waals surface area contributed by atoms with Crippen LogP contribution in [0.2, 0.25) is 0 Å². The number of nitrogens with one attached hydrogen (secondary N) is 1. The highest BCUT2D eigenvalue weighted by Crippen LogP contribution is 2.25. The predicted octanol–water partition coefficient (Wildman–Crippen LogP) is 4.85. The maximum atomic E-state index is 13.0. The molecule has 0 bridgehead atoms. The Morgan fingerprint density at radius 1 is 1.14 bits per heavy atom. The molecule has 4 heteroatoms. The van der Waals surface area contributed by atoms with Crippen LogP contribution in [-0.4, -0.2) is 11.7 Å². The molecular weight excluding hydrogens is 297 g/mol. The molecule has 0 aliphatic heterocycles. The molecule has 0 radical (unpaired) electrons. The molecule has 0 aliphatic carbocycles. The molecule has 2 aromatic carbocycles. The smallest absolute Gasteiger partial charge is 0.234 e. The molecule has 1 N–H and O–H groups in total. The second kappa shape index (κ2) is 6.97. The van der Waals surface area contributed by atoms with Crippen LogP contribution < -0.4 is 5.32 Å². The van der Waals surface area contributed by atoms with Gasteiger partial charge in [-0.25, -0.2) is 4.39 Å². The third-order valence-electron chi connectivity index (χ3n) is 3.20. The lowest BCUT2D eigenvalue weighted by Gasteiger charge is -2.19. The Labute approximate surface area is 135 Å². The average molecular weight is 317 g/mol. The van der Waals surface area contributed by atoms with Gasteiger partial charge in [0.1, 0.15) is 5.82 Å². The molecule has 2 nitrogen and oxygen atoms in total. The van der Waals surface area contributed by atoms with Crippen molar-refractivity contribution in [1.29, 1.82) is 0 Å². The Balaban J connectivity index is 1.88. The Hall–Kier alpha value is -1.81. The first-order valence-corrected chi connectivity index (χ1v) is 8.12. The van der Waals surface area contributed by atoms with Crippen LogP contribution in [0.15, 0.2) is 53.4 Å². The molecule has 2 aromatic rings.